The number of para-hydroxylation sites is 1. The number of anilines is 1. The molecule has 1 rings (SSSR count). The number of halogens is 1. The molecule has 0 aliphatic heterocycles. The second kappa shape index (κ2) is 4.21. The number of aryl methyl sites for hydroxylation is 1. The average Bonchev–Trinajstić information content (AvgIpc) is 2.08. The van der Waals surface area contributed by atoms with Gasteiger partial charge in [-0.05, 0) is 18.6 Å². The van der Waals surface area contributed by atoms with Crippen molar-refractivity contribution in [3.8, 4) is 5.75 Å². The predicted molar refractivity (Wildman–Crippen MR) is 51.8 cm³/mol. The average molecular weight is 186 g/mol. The monoisotopic (exact) mass is 185 g/mol. The number of hydrogen-bond donors (Lipinski definition) is 1. The Morgan fingerprint density at radius 1 is 1.50 bits per heavy atom. The Labute approximate surface area is 77.3 Å². The van der Waals surface area contributed by atoms with E-state index in [1.54, 1.807) is 0 Å². The van der Waals surface area contributed by atoms with Gasteiger partial charge in [-0.3, -0.25) is 0 Å². The lowest BCUT2D eigenvalue weighted by Gasteiger charge is -2.08. The van der Waals surface area contributed by atoms with Gasteiger partial charge >= 0.3 is 0 Å². The Bertz CT molecular complexity index is 263. The molecule has 0 saturated heterocycles. The maximum absolute atomic E-state index is 5.76. The Hall–Kier alpha value is -0.890. The first-order valence-electron chi connectivity index (χ1n) is 3.79. The number of benzene rings is 1. The third-order valence-corrected chi connectivity index (χ3v) is 1.77. The zero-order valence-corrected chi connectivity index (χ0v) is 7.77. The van der Waals surface area contributed by atoms with Gasteiger partial charge in [0.25, 0.3) is 0 Å². The van der Waals surface area contributed by atoms with Gasteiger partial charge in [-0.15, -0.1) is 11.6 Å². The van der Waals surface area contributed by atoms with E-state index in [4.69, 9.17) is 22.1 Å². The van der Waals surface area contributed by atoms with E-state index in [0.717, 1.165) is 11.3 Å². The molecule has 66 valence electrons. The fourth-order valence-electron chi connectivity index (χ4n) is 0.928. The fraction of sp³-hybridized carbons (Fsp3) is 0.333. The van der Waals surface area contributed by atoms with Crippen LogP contribution >= 0.6 is 11.6 Å². The number of nitrogens with two attached hydrogens (primary N) is 1. The van der Waals surface area contributed by atoms with Crippen LogP contribution in [-0.2, 0) is 0 Å². The maximum atomic E-state index is 5.76. The zero-order valence-electron chi connectivity index (χ0n) is 7.01. The molecule has 3 heteroatoms. The number of ether oxygens (including phenoxy) is 1. The topological polar surface area (TPSA) is 35.2 Å². The van der Waals surface area contributed by atoms with Gasteiger partial charge in [-0.25, -0.2) is 0 Å². The Morgan fingerprint density at radius 3 is 2.92 bits per heavy atom. The molecule has 0 heterocycles. The summed E-state index contributed by atoms with van der Waals surface area (Å²) in [7, 11) is 0. The lowest BCUT2D eigenvalue weighted by Crippen LogP contribution is -2.01. The van der Waals surface area contributed by atoms with Crippen molar-refractivity contribution in [3.63, 3.8) is 0 Å². The Morgan fingerprint density at radius 2 is 2.25 bits per heavy atom. The molecule has 0 aliphatic carbocycles. The van der Waals surface area contributed by atoms with Crippen LogP contribution < -0.4 is 10.5 Å². The summed E-state index contributed by atoms with van der Waals surface area (Å²) in [5.74, 6) is 1.20. The summed E-state index contributed by atoms with van der Waals surface area (Å²) in [6.45, 7) is 2.44. The summed E-state index contributed by atoms with van der Waals surface area (Å²) < 4.78 is 5.31. The van der Waals surface area contributed by atoms with Crippen LogP contribution in [-0.4, -0.2) is 12.5 Å². The largest absolute Gasteiger partial charge is 0.490 e. The molecule has 0 aromatic heterocycles. The summed E-state index contributed by atoms with van der Waals surface area (Å²) in [5, 5.41) is 0. The predicted octanol–water partition coefficient (Wildman–Crippen LogP) is 2.19. The third-order valence-electron chi connectivity index (χ3n) is 1.62. The van der Waals surface area contributed by atoms with Gasteiger partial charge in [0.1, 0.15) is 12.4 Å². The SMILES string of the molecule is Cc1cccc(OCCCl)c1N. The lowest BCUT2D eigenvalue weighted by molar-refractivity contribution is 0.344. The van der Waals surface area contributed by atoms with Crippen molar-refractivity contribution in [2.75, 3.05) is 18.2 Å². The molecule has 2 N–H and O–H groups in total. The normalized spacial score (nSPS) is 9.83. The molecule has 2 nitrogen and oxygen atoms in total. The third kappa shape index (κ3) is 2.05. The van der Waals surface area contributed by atoms with Crippen LogP contribution in [0, 0.1) is 6.92 Å². The van der Waals surface area contributed by atoms with Gasteiger partial charge in [-0.1, -0.05) is 12.1 Å². The van der Waals surface area contributed by atoms with E-state index in [1.807, 2.05) is 25.1 Å². The highest BCUT2D eigenvalue weighted by Crippen LogP contribution is 2.23. The molecule has 12 heavy (non-hydrogen) atoms. The summed E-state index contributed by atoms with van der Waals surface area (Å²) in [6, 6.07) is 5.70. The van der Waals surface area contributed by atoms with Gasteiger partial charge in [0, 0.05) is 0 Å². The van der Waals surface area contributed by atoms with Gasteiger partial charge in [0.15, 0.2) is 0 Å². The van der Waals surface area contributed by atoms with Crippen molar-refractivity contribution in [2.24, 2.45) is 0 Å². The molecule has 0 unspecified atom stereocenters. The molecular weight excluding hydrogens is 174 g/mol. The molecule has 0 aliphatic rings. The molecular formula is C9H12ClNO. The van der Waals surface area contributed by atoms with Crippen LogP contribution in [0.5, 0.6) is 5.75 Å². The Balaban J connectivity index is 2.78. The first-order valence-corrected chi connectivity index (χ1v) is 4.33. The van der Waals surface area contributed by atoms with E-state index in [9.17, 15) is 0 Å². The Kier molecular flexibility index (Phi) is 3.23. The second-order valence-electron chi connectivity index (χ2n) is 2.52. The van der Waals surface area contributed by atoms with Crippen LogP contribution in [0.4, 0.5) is 5.69 Å². The van der Waals surface area contributed by atoms with Crippen LogP contribution in [0.1, 0.15) is 5.56 Å². The van der Waals surface area contributed by atoms with E-state index >= 15 is 0 Å². The smallest absolute Gasteiger partial charge is 0.142 e. The molecule has 0 fully saturated rings. The van der Waals surface area contributed by atoms with Crippen molar-refractivity contribution in [1.82, 2.24) is 0 Å². The summed E-state index contributed by atoms with van der Waals surface area (Å²) >= 11 is 5.48. The first-order chi connectivity index (χ1) is 5.75. The van der Waals surface area contributed by atoms with E-state index < -0.39 is 0 Å². The minimum absolute atomic E-state index is 0.480. The summed E-state index contributed by atoms with van der Waals surface area (Å²) in [6.07, 6.45) is 0. The van der Waals surface area contributed by atoms with Crippen LogP contribution in [0.3, 0.4) is 0 Å². The maximum Gasteiger partial charge on any atom is 0.142 e. The summed E-state index contributed by atoms with van der Waals surface area (Å²) in [5.41, 5.74) is 7.48. The van der Waals surface area contributed by atoms with Gasteiger partial charge in [0.2, 0.25) is 0 Å². The highest BCUT2D eigenvalue weighted by molar-refractivity contribution is 6.18. The molecule has 0 amide bonds. The van der Waals surface area contributed by atoms with Crippen LogP contribution in [0.15, 0.2) is 18.2 Å². The van der Waals surface area contributed by atoms with Crippen molar-refractivity contribution in [2.45, 2.75) is 6.92 Å². The molecule has 0 spiro atoms. The molecule has 1 aromatic rings. The standard InChI is InChI=1S/C9H12ClNO/c1-7-3-2-4-8(9(7)11)12-6-5-10/h2-4H,5-6,11H2,1H3. The van der Waals surface area contributed by atoms with Crippen LogP contribution in [0.25, 0.3) is 0 Å². The molecule has 1 aromatic carbocycles. The minimum Gasteiger partial charge on any atom is -0.490 e. The summed E-state index contributed by atoms with van der Waals surface area (Å²) in [4.78, 5) is 0. The molecule has 0 radical (unpaired) electrons. The quantitative estimate of drug-likeness (QED) is 0.579. The molecule has 0 bridgehead atoms. The number of alkyl halides is 1. The lowest BCUT2D eigenvalue weighted by atomic mass is 10.2. The van der Waals surface area contributed by atoms with Crippen LogP contribution in [0.2, 0.25) is 0 Å². The zero-order chi connectivity index (χ0) is 8.97. The van der Waals surface area contributed by atoms with Gasteiger partial charge < -0.3 is 10.5 Å². The minimum atomic E-state index is 0.480. The van der Waals surface area contributed by atoms with E-state index in [0.29, 0.717) is 18.2 Å². The number of nitrogen functional groups attached to an aromatic ring is 1. The van der Waals surface area contributed by atoms with E-state index in [-0.39, 0.29) is 0 Å². The van der Waals surface area contributed by atoms with Crippen molar-refractivity contribution in [1.29, 1.82) is 0 Å². The van der Waals surface area contributed by atoms with Crippen molar-refractivity contribution >= 4 is 17.3 Å². The second-order valence-corrected chi connectivity index (χ2v) is 2.90. The van der Waals surface area contributed by atoms with Gasteiger partial charge in [0.05, 0.1) is 11.6 Å². The fourth-order valence-corrected chi connectivity index (χ4v) is 1.01. The van der Waals surface area contributed by atoms with Crippen molar-refractivity contribution < 1.29 is 4.74 Å². The van der Waals surface area contributed by atoms with E-state index in [2.05, 4.69) is 0 Å². The highest BCUT2D eigenvalue weighted by Gasteiger charge is 2.00. The first kappa shape index (κ1) is 9.20. The molecule has 0 atom stereocenters. The van der Waals surface area contributed by atoms with Crippen molar-refractivity contribution in [3.05, 3.63) is 23.8 Å². The van der Waals surface area contributed by atoms with E-state index in [1.165, 1.54) is 0 Å². The van der Waals surface area contributed by atoms with Gasteiger partial charge in [-0.2, -0.15) is 0 Å². The highest BCUT2D eigenvalue weighted by atomic mass is 35.5. The number of hydrogen-bond acceptors (Lipinski definition) is 2. The molecule has 0 saturated carbocycles. The number of rotatable bonds is 3.